The van der Waals surface area contributed by atoms with Crippen molar-refractivity contribution >= 4 is 11.9 Å². The highest BCUT2D eigenvalue weighted by Gasteiger charge is 2.21. The molecule has 0 aromatic heterocycles. The van der Waals surface area contributed by atoms with Crippen LogP contribution in [0.2, 0.25) is 0 Å². The number of rotatable bonds is 17. The highest BCUT2D eigenvalue weighted by molar-refractivity contribution is 5.84. The Kier molecular flexibility index (Phi) is 16.9. The molecule has 5 nitrogen and oxygen atoms in total. The Morgan fingerprint density at radius 2 is 1.48 bits per heavy atom. The Bertz CT molecular complexity index is 335. The minimum absolute atomic E-state index is 0.0570. The zero-order chi connectivity index (χ0) is 18.8. The van der Waals surface area contributed by atoms with Gasteiger partial charge in [0.05, 0.1) is 6.61 Å². The molecule has 0 aliphatic heterocycles. The number of esters is 1. The zero-order valence-corrected chi connectivity index (χ0v) is 16.5. The maximum atomic E-state index is 12.1. The molecule has 5 heteroatoms. The van der Waals surface area contributed by atoms with E-state index >= 15 is 0 Å². The van der Waals surface area contributed by atoms with E-state index in [2.05, 4.69) is 12.2 Å². The number of hydrogen-bond donors (Lipinski definition) is 2. The average Bonchev–Trinajstić information content (AvgIpc) is 2.61. The van der Waals surface area contributed by atoms with Gasteiger partial charge in [0.25, 0.3) is 0 Å². The van der Waals surface area contributed by atoms with Crippen molar-refractivity contribution in [3.8, 4) is 0 Å². The molecular formula is C20H40N2O3. The predicted octanol–water partition coefficient (Wildman–Crippen LogP) is 4.08. The standard InChI is InChI=1S/C20H40N2O3/c1-3-5-6-7-8-9-10-11-12-15-19(23)22-18(14-13-16-21)20(24)25-17-4-2/h18H,3-17,21H2,1-2H3,(H,22,23)/t18-/m0/s1. The third-order valence-electron chi connectivity index (χ3n) is 4.27. The summed E-state index contributed by atoms with van der Waals surface area (Å²) in [5.74, 6) is -0.394. The lowest BCUT2D eigenvalue weighted by Crippen LogP contribution is -2.42. The fraction of sp³-hybridized carbons (Fsp3) is 0.900. The topological polar surface area (TPSA) is 81.4 Å². The summed E-state index contributed by atoms with van der Waals surface area (Å²) in [5, 5.41) is 2.82. The van der Waals surface area contributed by atoms with E-state index in [0.29, 0.717) is 32.4 Å². The van der Waals surface area contributed by atoms with Gasteiger partial charge in [-0.1, -0.05) is 65.2 Å². The summed E-state index contributed by atoms with van der Waals surface area (Å²) in [7, 11) is 0. The summed E-state index contributed by atoms with van der Waals surface area (Å²) in [6.45, 7) is 5.08. The minimum Gasteiger partial charge on any atom is -0.464 e. The number of hydrogen-bond acceptors (Lipinski definition) is 4. The van der Waals surface area contributed by atoms with E-state index in [0.717, 1.165) is 19.3 Å². The van der Waals surface area contributed by atoms with Gasteiger partial charge in [-0.25, -0.2) is 4.79 Å². The molecule has 0 saturated heterocycles. The van der Waals surface area contributed by atoms with Gasteiger partial charge in [0.1, 0.15) is 6.04 Å². The molecular weight excluding hydrogens is 316 g/mol. The molecule has 0 saturated carbocycles. The Morgan fingerprint density at radius 3 is 2.04 bits per heavy atom. The van der Waals surface area contributed by atoms with Crippen LogP contribution in [0.15, 0.2) is 0 Å². The number of amides is 1. The number of nitrogens with one attached hydrogen (secondary N) is 1. The monoisotopic (exact) mass is 356 g/mol. The predicted molar refractivity (Wildman–Crippen MR) is 103 cm³/mol. The molecule has 148 valence electrons. The maximum absolute atomic E-state index is 12.1. The van der Waals surface area contributed by atoms with Crippen molar-refractivity contribution in [1.82, 2.24) is 5.32 Å². The quantitative estimate of drug-likeness (QED) is 0.304. The number of nitrogens with two attached hydrogens (primary N) is 1. The summed E-state index contributed by atoms with van der Waals surface area (Å²) < 4.78 is 5.15. The van der Waals surface area contributed by atoms with Gasteiger partial charge in [0.15, 0.2) is 0 Å². The first-order chi connectivity index (χ1) is 12.2. The first kappa shape index (κ1) is 23.9. The number of carbonyl (C=O) groups is 2. The molecule has 0 spiro atoms. The van der Waals surface area contributed by atoms with Crippen molar-refractivity contribution < 1.29 is 14.3 Å². The van der Waals surface area contributed by atoms with Gasteiger partial charge in [0, 0.05) is 6.42 Å². The van der Waals surface area contributed by atoms with Crippen LogP contribution in [0.1, 0.15) is 97.3 Å². The van der Waals surface area contributed by atoms with E-state index in [1.807, 2.05) is 6.92 Å². The molecule has 0 aliphatic carbocycles. The van der Waals surface area contributed by atoms with Crippen LogP contribution in [0.5, 0.6) is 0 Å². The van der Waals surface area contributed by atoms with E-state index in [4.69, 9.17) is 10.5 Å². The molecule has 1 atom stereocenters. The summed E-state index contributed by atoms with van der Waals surface area (Å²) in [4.78, 5) is 24.0. The number of carbonyl (C=O) groups excluding carboxylic acids is 2. The molecule has 0 aromatic carbocycles. The Labute approximate surface area is 154 Å². The van der Waals surface area contributed by atoms with E-state index in [9.17, 15) is 9.59 Å². The highest BCUT2D eigenvalue weighted by Crippen LogP contribution is 2.10. The SMILES string of the molecule is CCCCCCCCCCCC(=O)N[C@@H](CCCN)C(=O)OCCC. The number of unbranched alkanes of at least 4 members (excludes halogenated alkanes) is 8. The second-order valence-electron chi connectivity index (χ2n) is 6.80. The maximum Gasteiger partial charge on any atom is 0.328 e. The van der Waals surface area contributed by atoms with Crippen molar-refractivity contribution in [3.63, 3.8) is 0 Å². The van der Waals surface area contributed by atoms with Crippen LogP contribution in [0.25, 0.3) is 0 Å². The molecule has 25 heavy (non-hydrogen) atoms. The fourth-order valence-corrected chi connectivity index (χ4v) is 2.74. The van der Waals surface area contributed by atoms with Crippen molar-refractivity contribution in [2.45, 2.75) is 103 Å². The minimum atomic E-state index is -0.554. The second kappa shape index (κ2) is 17.7. The van der Waals surface area contributed by atoms with Crippen LogP contribution in [-0.4, -0.2) is 31.1 Å². The van der Waals surface area contributed by atoms with Crippen molar-refractivity contribution in [1.29, 1.82) is 0 Å². The second-order valence-corrected chi connectivity index (χ2v) is 6.80. The van der Waals surface area contributed by atoms with Gasteiger partial charge >= 0.3 is 5.97 Å². The molecule has 0 unspecified atom stereocenters. The van der Waals surface area contributed by atoms with E-state index in [1.54, 1.807) is 0 Å². The molecule has 0 bridgehead atoms. The summed E-state index contributed by atoms with van der Waals surface area (Å²) in [5.41, 5.74) is 5.51. The van der Waals surface area contributed by atoms with Gasteiger partial charge in [-0.3, -0.25) is 4.79 Å². The smallest absolute Gasteiger partial charge is 0.328 e. The Balaban J connectivity index is 3.84. The summed E-state index contributed by atoms with van der Waals surface area (Å²) >= 11 is 0. The van der Waals surface area contributed by atoms with Gasteiger partial charge in [0.2, 0.25) is 5.91 Å². The fourth-order valence-electron chi connectivity index (χ4n) is 2.74. The molecule has 1 amide bonds. The molecule has 3 N–H and O–H groups in total. The van der Waals surface area contributed by atoms with Crippen LogP contribution in [0, 0.1) is 0 Å². The van der Waals surface area contributed by atoms with Crippen molar-refractivity contribution in [2.24, 2.45) is 5.73 Å². The summed E-state index contributed by atoms with van der Waals surface area (Å²) in [6, 6.07) is -0.554. The lowest BCUT2D eigenvalue weighted by atomic mass is 10.1. The average molecular weight is 357 g/mol. The van der Waals surface area contributed by atoms with Crippen LogP contribution in [-0.2, 0) is 14.3 Å². The van der Waals surface area contributed by atoms with E-state index < -0.39 is 6.04 Å². The lowest BCUT2D eigenvalue weighted by Gasteiger charge is -2.17. The molecule has 0 radical (unpaired) electrons. The zero-order valence-electron chi connectivity index (χ0n) is 16.5. The van der Waals surface area contributed by atoms with Gasteiger partial charge in [-0.2, -0.15) is 0 Å². The third-order valence-corrected chi connectivity index (χ3v) is 4.27. The van der Waals surface area contributed by atoms with Gasteiger partial charge in [-0.05, 0) is 32.2 Å². The molecule has 0 rings (SSSR count). The van der Waals surface area contributed by atoms with E-state index in [-0.39, 0.29) is 11.9 Å². The first-order valence-corrected chi connectivity index (χ1v) is 10.3. The largest absolute Gasteiger partial charge is 0.464 e. The number of ether oxygens (including phenoxy) is 1. The summed E-state index contributed by atoms with van der Waals surface area (Å²) in [6.07, 6.45) is 13.5. The first-order valence-electron chi connectivity index (χ1n) is 10.3. The van der Waals surface area contributed by atoms with E-state index in [1.165, 1.54) is 44.9 Å². The third kappa shape index (κ3) is 14.9. The van der Waals surface area contributed by atoms with Crippen LogP contribution >= 0.6 is 0 Å². The van der Waals surface area contributed by atoms with Crippen LogP contribution in [0.3, 0.4) is 0 Å². The lowest BCUT2D eigenvalue weighted by molar-refractivity contribution is -0.148. The van der Waals surface area contributed by atoms with Crippen molar-refractivity contribution in [2.75, 3.05) is 13.2 Å². The van der Waals surface area contributed by atoms with Gasteiger partial charge in [-0.15, -0.1) is 0 Å². The normalized spacial score (nSPS) is 12.0. The highest BCUT2D eigenvalue weighted by atomic mass is 16.5. The van der Waals surface area contributed by atoms with Crippen LogP contribution < -0.4 is 11.1 Å². The molecule has 0 heterocycles. The molecule has 0 fully saturated rings. The molecule has 0 aromatic rings. The Morgan fingerprint density at radius 1 is 0.880 bits per heavy atom. The van der Waals surface area contributed by atoms with Crippen molar-refractivity contribution in [3.05, 3.63) is 0 Å². The van der Waals surface area contributed by atoms with Gasteiger partial charge < -0.3 is 15.8 Å². The Hall–Kier alpha value is -1.10. The molecule has 0 aliphatic rings. The van der Waals surface area contributed by atoms with Crippen LogP contribution in [0.4, 0.5) is 0 Å².